The molecule has 0 saturated carbocycles. The van der Waals surface area contributed by atoms with Gasteiger partial charge in [-0.25, -0.2) is 89.7 Å². The zero-order chi connectivity index (χ0) is 97.0. The summed E-state index contributed by atoms with van der Waals surface area (Å²) in [6.07, 6.45) is 37.0. The van der Waals surface area contributed by atoms with Crippen LogP contribution in [0.15, 0.2) is 185 Å². The topological polar surface area (TPSA) is 258 Å². The minimum Gasteiger partial charge on any atom is -0.260 e. The van der Waals surface area contributed by atoms with Gasteiger partial charge in [-0.3, -0.25) is 9.97 Å². The Morgan fingerprint density at radius 3 is 0.622 bits per heavy atom. The van der Waals surface area contributed by atoms with E-state index in [-0.39, 0.29) is 59.6 Å². The monoisotopic (exact) mass is 1720 g/mol. The summed E-state index contributed by atoms with van der Waals surface area (Å²) in [6, 6.07) is 20.4. The van der Waals surface area contributed by atoms with E-state index in [1.165, 1.54) is 16.7 Å². The Morgan fingerprint density at radius 2 is 0.417 bits per heavy atom. The summed E-state index contributed by atoms with van der Waals surface area (Å²) in [7, 11) is 0. The van der Waals surface area contributed by atoms with Gasteiger partial charge in [0.2, 0.25) is 0 Å². The molecule has 0 radical (unpaired) electrons. The molecule has 20 heteroatoms. The fourth-order valence-electron chi connectivity index (χ4n) is 9.61. The molecule has 0 bridgehead atoms. The van der Waals surface area contributed by atoms with Crippen molar-refractivity contribution in [2.24, 2.45) is 0 Å². The third-order valence-electron chi connectivity index (χ3n) is 17.5. The predicted octanol–water partition coefficient (Wildman–Crippen LogP) is 25.2. The molecule has 0 aliphatic carbocycles. The lowest BCUT2D eigenvalue weighted by atomic mass is 9.89. The van der Waals surface area contributed by atoms with Crippen LogP contribution in [0.25, 0.3) is 11.1 Å². The molecular formula is C107H156N20. The van der Waals surface area contributed by atoms with Gasteiger partial charge >= 0.3 is 0 Å². The molecule has 0 atom stereocenters. The second-order valence-corrected chi connectivity index (χ2v) is 43.0. The SMILES string of the molecule is CC#Cc1cnc(C(C)(C)C)nc1.CC(C)(C)c1ncc(-c2ccccc2)cn1.CC(C)(C)c1ncccn1.Cc1ccc(C(C)(C)C)nc1.Cc1ccc(C(C)(C)C)nc1.Cc1cnc(C(C)(C)C)nc1.Cc1cnc(C(C)(C)C)nc1.Cc1cnc(C(C)(C)C)nc1.Cc1cnc(C(C)(C)C)nc1.Cc1cnc(C(C)(C)C)nc1.Cc1ncc(C(C)(C)C)cn1. The molecule has 0 aliphatic heterocycles. The summed E-state index contributed by atoms with van der Waals surface area (Å²) >= 11 is 0. The number of benzene rings is 1. The number of pyridine rings is 2. The Labute approximate surface area is 767 Å². The Hall–Kier alpha value is -11.2. The van der Waals surface area contributed by atoms with E-state index >= 15 is 0 Å². The van der Waals surface area contributed by atoms with E-state index in [0.717, 1.165) is 108 Å². The average Bonchev–Trinajstić information content (AvgIpc) is 0.548. The van der Waals surface area contributed by atoms with Crippen molar-refractivity contribution in [2.75, 3.05) is 0 Å². The number of aromatic nitrogens is 20. The quantitative estimate of drug-likeness (QED) is 0.138. The van der Waals surface area contributed by atoms with Crippen molar-refractivity contribution in [1.82, 2.24) is 99.7 Å². The van der Waals surface area contributed by atoms with Crippen LogP contribution in [0.2, 0.25) is 0 Å². The van der Waals surface area contributed by atoms with Gasteiger partial charge in [0.1, 0.15) is 52.4 Å². The van der Waals surface area contributed by atoms with Crippen molar-refractivity contribution in [3.8, 4) is 23.0 Å². The maximum Gasteiger partial charge on any atom is 0.133 e. The minimum absolute atomic E-state index is 0.00914. The van der Waals surface area contributed by atoms with Crippen molar-refractivity contribution in [1.29, 1.82) is 0 Å². The van der Waals surface area contributed by atoms with Crippen LogP contribution < -0.4 is 0 Å². The molecule has 12 aromatic rings. The lowest BCUT2D eigenvalue weighted by Crippen LogP contribution is -2.15. The number of rotatable bonds is 1. The van der Waals surface area contributed by atoms with Gasteiger partial charge in [-0.2, -0.15) is 0 Å². The van der Waals surface area contributed by atoms with E-state index in [0.29, 0.717) is 0 Å². The molecule has 0 aliphatic rings. The predicted molar refractivity (Wildman–Crippen MR) is 528 cm³/mol. The van der Waals surface area contributed by atoms with E-state index in [2.05, 4.69) is 390 Å². The number of aryl methyl sites for hydroxylation is 8. The van der Waals surface area contributed by atoms with Gasteiger partial charge in [-0.1, -0.05) is 277 Å². The van der Waals surface area contributed by atoms with Crippen LogP contribution >= 0.6 is 0 Å². The van der Waals surface area contributed by atoms with Gasteiger partial charge in [-0.05, 0) is 136 Å². The van der Waals surface area contributed by atoms with Crippen LogP contribution in [0, 0.1) is 67.2 Å². The molecule has 0 fully saturated rings. The van der Waals surface area contributed by atoms with Gasteiger partial charge in [-0.15, -0.1) is 5.92 Å². The highest BCUT2D eigenvalue weighted by Gasteiger charge is 2.23. The molecule has 0 N–H and O–H groups in total. The second kappa shape index (κ2) is 49.8. The first-order valence-corrected chi connectivity index (χ1v) is 43.7. The van der Waals surface area contributed by atoms with Crippen molar-refractivity contribution >= 4 is 0 Å². The molecule has 0 spiro atoms. The second-order valence-electron chi connectivity index (χ2n) is 43.0. The highest BCUT2D eigenvalue weighted by atomic mass is 14.9. The van der Waals surface area contributed by atoms with Crippen molar-refractivity contribution in [3.63, 3.8) is 0 Å². The van der Waals surface area contributed by atoms with E-state index < -0.39 is 0 Å². The molecule has 20 nitrogen and oxygen atoms in total. The molecule has 0 amide bonds. The van der Waals surface area contributed by atoms with E-state index in [4.69, 9.17) is 0 Å². The Morgan fingerprint density at radius 1 is 0.189 bits per heavy atom. The smallest absolute Gasteiger partial charge is 0.133 e. The lowest BCUT2D eigenvalue weighted by molar-refractivity contribution is 0.544. The van der Waals surface area contributed by atoms with Crippen LogP contribution in [-0.2, 0) is 59.6 Å². The molecule has 12 rings (SSSR count). The zero-order valence-corrected chi connectivity index (χ0v) is 85.8. The van der Waals surface area contributed by atoms with Crippen molar-refractivity contribution < 1.29 is 0 Å². The lowest BCUT2D eigenvalue weighted by Gasteiger charge is -2.17. The molecule has 11 aromatic heterocycles. The van der Waals surface area contributed by atoms with Crippen molar-refractivity contribution in [3.05, 3.63) is 298 Å². The van der Waals surface area contributed by atoms with Crippen LogP contribution in [-0.4, -0.2) is 99.7 Å². The molecule has 0 unspecified atom stereocenters. The summed E-state index contributed by atoms with van der Waals surface area (Å²) < 4.78 is 0. The normalized spacial score (nSPS) is 11.5. The number of hydrogen-bond acceptors (Lipinski definition) is 20. The van der Waals surface area contributed by atoms with E-state index in [1.54, 1.807) is 31.7 Å². The number of nitrogens with zero attached hydrogens (tertiary/aromatic N) is 20. The van der Waals surface area contributed by atoms with Crippen LogP contribution in [0.1, 0.15) is 349 Å². The van der Waals surface area contributed by atoms with Gasteiger partial charge < -0.3 is 0 Å². The van der Waals surface area contributed by atoms with Gasteiger partial charge in [0, 0.05) is 195 Å². The summed E-state index contributed by atoms with van der Waals surface area (Å²) in [4.78, 5) is 85.0. The van der Waals surface area contributed by atoms with Gasteiger partial charge in [0.25, 0.3) is 0 Å². The Bertz CT molecular complexity index is 4430. The maximum atomic E-state index is 4.42. The summed E-state index contributed by atoms with van der Waals surface area (Å²) in [6.45, 7) is 87.8. The summed E-state index contributed by atoms with van der Waals surface area (Å²) in [5, 5.41) is 0. The molecular weight excluding hydrogens is 1570 g/mol. The average molecular weight is 1720 g/mol. The highest BCUT2D eigenvalue weighted by Crippen LogP contribution is 2.27. The molecule has 0 saturated heterocycles. The minimum atomic E-state index is 0.00914. The third-order valence-corrected chi connectivity index (χ3v) is 17.5. The Balaban J connectivity index is 0.000000474. The summed E-state index contributed by atoms with van der Waals surface area (Å²) in [5.74, 6) is 13.7. The van der Waals surface area contributed by atoms with Crippen LogP contribution in [0.3, 0.4) is 0 Å². The van der Waals surface area contributed by atoms with E-state index in [1.807, 2.05) is 165 Å². The fraction of sp³-hybridized carbons (Fsp3) is 0.495. The van der Waals surface area contributed by atoms with Gasteiger partial charge in [0.15, 0.2) is 0 Å². The highest BCUT2D eigenvalue weighted by molar-refractivity contribution is 5.61. The third kappa shape index (κ3) is 46.2. The molecule has 1 aromatic carbocycles. The zero-order valence-electron chi connectivity index (χ0n) is 85.8. The van der Waals surface area contributed by atoms with Crippen LogP contribution in [0.4, 0.5) is 0 Å². The molecule has 11 heterocycles. The standard InChI is InChI=1S/C14H16N2.C11H14N2.2C10H15N.6C9H14N2.C8H12N2/c1-14(2,3)13-15-9-12(10-16-13)11-7-5-4-6-8-11;1-5-6-9-7-12-10(13-8-9)11(2,3)4;2*1-8-5-6-9(11-7-8)10(2,3)4;1-7-10-5-8(6-11-7)9(2,3)4;5*1-7-5-10-8(11-6-7)9(2,3)4;1-8(2,3)7-9-5-4-6-10-7/h4-10H,1-3H3;7-8H,1-4H3;2*5-7H,1-4H3;6*5-6H,1-4H3;4-6H,1-3H3. The Kier molecular flexibility index (Phi) is 43.9. The first kappa shape index (κ1) is 112. The van der Waals surface area contributed by atoms with Crippen LogP contribution in [0.5, 0.6) is 0 Å². The first-order valence-electron chi connectivity index (χ1n) is 43.7. The first-order chi connectivity index (χ1) is 58.2. The number of hydrogen-bond donors (Lipinski definition) is 0. The summed E-state index contributed by atoms with van der Waals surface area (Å²) in [5.41, 5.74) is 15.5. The maximum absolute atomic E-state index is 4.42. The molecule has 684 valence electrons. The van der Waals surface area contributed by atoms with Gasteiger partial charge in [0.05, 0.1) is 5.56 Å². The largest absolute Gasteiger partial charge is 0.260 e. The fourth-order valence-corrected chi connectivity index (χ4v) is 9.61. The van der Waals surface area contributed by atoms with E-state index in [9.17, 15) is 0 Å². The van der Waals surface area contributed by atoms with Crippen molar-refractivity contribution in [2.45, 2.75) is 350 Å². The molecule has 127 heavy (non-hydrogen) atoms.